The maximum Gasteiger partial charge on any atom is 0.240 e. The SMILES string of the molecule is COc1ccc(S(=O)(=O)NCC(c2ccco2)N2CCSCC2)c(C)c1. The van der Waals surface area contributed by atoms with Gasteiger partial charge in [-0.3, -0.25) is 4.90 Å². The van der Waals surface area contributed by atoms with Crippen molar-refractivity contribution >= 4 is 21.8 Å². The first kappa shape index (κ1) is 19.3. The number of benzene rings is 1. The van der Waals surface area contributed by atoms with Gasteiger partial charge in [0.1, 0.15) is 11.5 Å². The lowest BCUT2D eigenvalue weighted by molar-refractivity contribution is 0.193. The first-order chi connectivity index (χ1) is 12.5. The largest absolute Gasteiger partial charge is 0.497 e. The van der Waals surface area contributed by atoms with E-state index in [9.17, 15) is 8.42 Å². The van der Waals surface area contributed by atoms with Crippen molar-refractivity contribution in [2.45, 2.75) is 17.9 Å². The summed E-state index contributed by atoms with van der Waals surface area (Å²) >= 11 is 1.92. The molecule has 142 valence electrons. The molecule has 1 unspecified atom stereocenters. The minimum Gasteiger partial charge on any atom is -0.497 e. The average molecular weight is 397 g/mol. The van der Waals surface area contributed by atoms with Crippen LogP contribution in [0.15, 0.2) is 45.9 Å². The summed E-state index contributed by atoms with van der Waals surface area (Å²) < 4.78 is 39.1. The Morgan fingerprint density at radius 2 is 2.08 bits per heavy atom. The molecule has 0 saturated carbocycles. The van der Waals surface area contributed by atoms with Gasteiger partial charge in [0, 0.05) is 31.1 Å². The molecular formula is C18H24N2O4S2. The highest BCUT2D eigenvalue weighted by Gasteiger charge is 2.27. The molecule has 1 atom stereocenters. The summed E-state index contributed by atoms with van der Waals surface area (Å²) in [7, 11) is -2.06. The Balaban J connectivity index is 1.77. The van der Waals surface area contributed by atoms with Crippen molar-refractivity contribution in [3.8, 4) is 5.75 Å². The minimum atomic E-state index is -3.62. The van der Waals surface area contributed by atoms with Gasteiger partial charge in [0.15, 0.2) is 0 Å². The van der Waals surface area contributed by atoms with E-state index in [1.54, 1.807) is 38.5 Å². The first-order valence-electron chi connectivity index (χ1n) is 8.51. The Kier molecular flexibility index (Phi) is 6.29. The van der Waals surface area contributed by atoms with Crippen LogP contribution in [0.2, 0.25) is 0 Å². The van der Waals surface area contributed by atoms with Crippen molar-refractivity contribution in [2.75, 3.05) is 38.2 Å². The fourth-order valence-corrected chi connectivity index (χ4v) is 5.29. The topological polar surface area (TPSA) is 71.8 Å². The van der Waals surface area contributed by atoms with Crippen LogP contribution in [0, 0.1) is 6.92 Å². The molecule has 2 heterocycles. The quantitative estimate of drug-likeness (QED) is 0.776. The molecule has 1 saturated heterocycles. The highest BCUT2D eigenvalue weighted by atomic mass is 32.2. The summed E-state index contributed by atoms with van der Waals surface area (Å²) in [5, 5.41) is 0. The van der Waals surface area contributed by atoms with Gasteiger partial charge in [-0.05, 0) is 42.8 Å². The van der Waals surface area contributed by atoms with Crippen molar-refractivity contribution in [3.05, 3.63) is 47.9 Å². The number of thioether (sulfide) groups is 1. The van der Waals surface area contributed by atoms with Gasteiger partial charge in [-0.1, -0.05) is 0 Å². The Hall–Kier alpha value is -1.48. The van der Waals surface area contributed by atoms with Crippen molar-refractivity contribution in [1.82, 2.24) is 9.62 Å². The van der Waals surface area contributed by atoms with Gasteiger partial charge in [-0.2, -0.15) is 11.8 Å². The van der Waals surface area contributed by atoms with Crippen LogP contribution in [0.4, 0.5) is 0 Å². The molecule has 0 radical (unpaired) electrons. The number of methoxy groups -OCH3 is 1. The third-order valence-electron chi connectivity index (χ3n) is 4.50. The predicted octanol–water partition coefficient (Wildman–Crippen LogP) is 2.67. The summed E-state index contributed by atoms with van der Waals surface area (Å²) in [5.74, 6) is 3.51. The Labute approximate surface area is 159 Å². The van der Waals surface area contributed by atoms with E-state index < -0.39 is 10.0 Å². The maximum atomic E-state index is 12.8. The predicted molar refractivity (Wildman–Crippen MR) is 103 cm³/mol. The van der Waals surface area contributed by atoms with Crippen LogP contribution in [-0.4, -0.2) is 51.6 Å². The van der Waals surface area contributed by atoms with Crippen LogP contribution in [0.3, 0.4) is 0 Å². The number of hydrogen-bond acceptors (Lipinski definition) is 6. The smallest absolute Gasteiger partial charge is 0.240 e. The Morgan fingerprint density at radius 1 is 1.31 bits per heavy atom. The van der Waals surface area contributed by atoms with Crippen LogP contribution in [0.1, 0.15) is 17.4 Å². The van der Waals surface area contributed by atoms with E-state index in [1.165, 1.54) is 0 Å². The molecule has 26 heavy (non-hydrogen) atoms. The number of sulfonamides is 1. The second-order valence-electron chi connectivity index (χ2n) is 6.16. The van der Waals surface area contributed by atoms with E-state index in [4.69, 9.17) is 9.15 Å². The first-order valence-corrected chi connectivity index (χ1v) is 11.1. The standard InChI is InChI=1S/C18H24N2O4S2/c1-14-12-15(23-2)5-6-18(14)26(21,22)19-13-16(17-4-3-9-24-17)20-7-10-25-11-8-20/h3-6,9,12,16,19H,7-8,10-11,13H2,1-2H3. The van der Waals surface area contributed by atoms with Gasteiger partial charge in [-0.25, -0.2) is 13.1 Å². The summed E-state index contributed by atoms with van der Waals surface area (Å²) in [4.78, 5) is 2.55. The molecule has 1 N–H and O–H groups in total. The summed E-state index contributed by atoms with van der Waals surface area (Å²) in [6.07, 6.45) is 1.63. The summed E-state index contributed by atoms with van der Waals surface area (Å²) in [6.45, 7) is 3.87. The zero-order chi connectivity index (χ0) is 18.6. The van der Waals surface area contributed by atoms with Crippen LogP contribution in [0.5, 0.6) is 5.75 Å². The number of aryl methyl sites for hydroxylation is 1. The minimum absolute atomic E-state index is 0.112. The third kappa shape index (κ3) is 4.43. The van der Waals surface area contributed by atoms with E-state index in [1.807, 2.05) is 23.9 Å². The monoisotopic (exact) mass is 396 g/mol. The van der Waals surface area contributed by atoms with Gasteiger partial charge in [-0.15, -0.1) is 0 Å². The second kappa shape index (κ2) is 8.47. The van der Waals surface area contributed by atoms with Crippen LogP contribution in [-0.2, 0) is 10.0 Å². The van der Waals surface area contributed by atoms with Gasteiger partial charge in [0.05, 0.1) is 24.3 Å². The lowest BCUT2D eigenvalue weighted by atomic mass is 10.2. The van der Waals surface area contributed by atoms with Crippen molar-refractivity contribution in [3.63, 3.8) is 0 Å². The van der Waals surface area contributed by atoms with Gasteiger partial charge < -0.3 is 9.15 Å². The third-order valence-corrected chi connectivity index (χ3v) is 7.02. The van der Waals surface area contributed by atoms with Crippen molar-refractivity contribution in [2.24, 2.45) is 0 Å². The normalized spacial score (nSPS) is 17.2. The molecule has 0 bridgehead atoms. The van der Waals surface area contributed by atoms with Crippen LogP contribution >= 0.6 is 11.8 Å². The number of furan rings is 1. The molecule has 1 aliphatic heterocycles. The summed E-state index contributed by atoms with van der Waals surface area (Å²) in [6, 6.07) is 8.59. The molecule has 8 heteroatoms. The molecular weight excluding hydrogens is 372 g/mol. The highest BCUT2D eigenvalue weighted by molar-refractivity contribution is 7.99. The molecule has 1 fully saturated rings. The van der Waals surface area contributed by atoms with Crippen molar-refractivity contribution in [1.29, 1.82) is 0 Å². The molecule has 0 amide bonds. The zero-order valence-corrected chi connectivity index (χ0v) is 16.6. The van der Waals surface area contributed by atoms with E-state index in [0.717, 1.165) is 30.4 Å². The number of nitrogens with one attached hydrogen (secondary N) is 1. The van der Waals surface area contributed by atoms with E-state index in [-0.39, 0.29) is 17.5 Å². The number of hydrogen-bond donors (Lipinski definition) is 1. The molecule has 3 rings (SSSR count). The second-order valence-corrected chi connectivity index (χ2v) is 9.12. The zero-order valence-electron chi connectivity index (χ0n) is 15.0. The molecule has 0 aliphatic carbocycles. The lowest BCUT2D eigenvalue weighted by Gasteiger charge is -2.33. The number of ether oxygens (including phenoxy) is 1. The van der Waals surface area contributed by atoms with Gasteiger partial charge in [0.2, 0.25) is 10.0 Å². The Bertz CT molecular complexity index is 816. The van der Waals surface area contributed by atoms with Crippen molar-refractivity contribution < 1.29 is 17.6 Å². The highest BCUT2D eigenvalue weighted by Crippen LogP contribution is 2.26. The number of rotatable bonds is 7. The van der Waals surface area contributed by atoms with Crippen LogP contribution < -0.4 is 9.46 Å². The van der Waals surface area contributed by atoms with E-state index in [2.05, 4.69) is 9.62 Å². The van der Waals surface area contributed by atoms with E-state index >= 15 is 0 Å². The molecule has 1 aromatic heterocycles. The fourth-order valence-electron chi connectivity index (χ4n) is 3.10. The molecule has 1 aromatic carbocycles. The lowest BCUT2D eigenvalue weighted by Crippen LogP contribution is -2.42. The van der Waals surface area contributed by atoms with Gasteiger partial charge >= 0.3 is 0 Å². The maximum absolute atomic E-state index is 12.8. The molecule has 1 aliphatic rings. The number of nitrogens with zero attached hydrogens (tertiary/aromatic N) is 1. The molecule has 2 aromatic rings. The van der Waals surface area contributed by atoms with E-state index in [0.29, 0.717) is 11.3 Å². The Morgan fingerprint density at radius 3 is 2.69 bits per heavy atom. The molecule has 6 nitrogen and oxygen atoms in total. The van der Waals surface area contributed by atoms with Gasteiger partial charge in [0.25, 0.3) is 0 Å². The summed E-state index contributed by atoms with van der Waals surface area (Å²) in [5.41, 5.74) is 0.653. The molecule has 0 spiro atoms. The average Bonchev–Trinajstić information content (AvgIpc) is 3.16. The fraction of sp³-hybridized carbons (Fsp3) is 0.444. The van der Waals surface area contributed by atoms with Crippen LogP contribution in [0.25, 0.3) is 0 Å².